The zero-order chi connectivity index (χ0) is 16.6. The topological polar surface area (TPSA) is 12.5 Å². The molecule has 1 saturated carbocycles. The second-order valence-corrected chi connectivity index (χ2v) is 7.72. The maximum absolute atomic E-state index is 6.30. The van der Waals surface area contributed by atoms with Crippen LogP contribution in [-0.2, 0) is 4.74 Å². The number of ether oxygens (including phenoxy) is 1. The van der Waals surface area contributed by atoms with E-state index in [9.17, 15) is 0 Å². The fourth-order valence-corrected chi connectivity index (χ4v) is 4.24. The first kappa shape index (κ1) is 20.7. The molecule has 1 aromatic rings. The van der Waals surface area contributed by atoms with Gasteiger partial charge in [0.1, 0.15) is 0 Å². The van der Waals surface area contributed by atoms with Gasteiger partial charge in [-0.15, -0.1) is 12.4 Å². The van der Waals surface area contributed by atoms with Crippen molar-refractivity contribution in [3.8, 4) is 0 Å². The molecule has 0 amide bonds. The van der Waals surface area contributed by atoms with Crippen molar-refractivity contribution in [2.24, 2.45) is 0 Å². The van der Waals surface area contributed by atoms with E-state index >= 15 is 0 Å². The zero-order valence-electron chi connectivity index (χ0n) is 15.9. The summed E-state index contributed by atoms with van der Waals surface area (Å²) in [6.45, 7) is 6.67. The number of nitrogens with zero attached hydrogens (tertiary/aromatic N) is 1. The SMILES string of the molecule is CCCCOC(CN1CCCCC1)c1ccc(C2CCCC2)cc1.Cl. The summed E-state index contributed by atoms with van der Waals surface area (Å²) in [4.78, 5) is 2.60. The Morgan fingerprint density at radius 1 is 1.00 bits per heavy atom. The Balaban J connectivity index is 0.00000225. The molecule has 0 bridgehead atoms. The average molecular weight is 366 g/mol. The fraction of sp³-hybridized carbons (Fsp3) is 0.727. The van der Waals surface area contributed by atoms with Crippen LogP contribution in [0.5, 0.6) is 0 Å². The lowest BCUT2D eigenvalue weighted by Gasteiger charge is -2.31. The van der Waals surface area contributed by atoms with Crippen LogP contribution < -0.4 is 0 Å². The van der Waals surface area contributed by atoms with E-state index in [0.717, 1.165) is 25.5 Å². The summed E-state index contributed by atoms with van der Waals surface area (Å²) in [6, 6.07) is 9.43. The molecular weight excluding hydrogens is 330 g/mol. The second-order valence-electron chi connectivity index (χ2n) is 7.72. The van der Waals surface area contributed by atoms with Gasteiger partial charge in [-0.2, -0.15) is 0 Å². The Kier molecular flexibility index (Phi) is 9.30. The molecular formula is C22H36ClNO. The largest absolute Gasteiger partial charge is 0.372 e. The van der Waals surface area contributed by atoms with Crippen LogP contribution in [0.25, 0.3) is 0 Å². The Morgan fingerprint density at radius 3 is 2.32 bits per heavy atom. The highest BCUT2D eigenvalue weighted by atomic mass is 35.5. The van der Waals surface area contributed by atoms with Crippen molar-refractivity contribution in [2.45, 2.75) is 76.7 Å². The molecule has 0 aromatic heterocycles. The van der Waals surface area contributed by atoms with Crippen molar-refractivity contribution < 1.29 is 4.74 Å². The molecule has 25 heavy (non-hydrogen) atoms. The van der Waals surface area contributed by atoms with E-state index in [1.807, 2.05) is 0 Å². The summed E-state index contributed by atoms with van der Waals surface area (Å²) < 4.78 is 6.30. The first-order valence-electron chi connectivity index (χ1n) is 10.3. The van der Waals surface area contributed by atoms with Gasteiger partial charge >= 0.3 is 0 Å². The van der Waals surface area contributed by atoms with Crippen LogP contribution in [0.4, 0.5) is 0 Å². The van der Waals surface area contributed by atoms with E-state index in [1.165, 1.54) is 70.0 Å². The Morgan fingerprint density at radius 2 is 1.68 bits per heavy atom. The minimum atomic E-state index is 0. The van der Waals surface area contributed by atoms with Crippen LogP contribution >= 0.6 is 12.4 Å². The molecule has 2 nitrogen and oxygen atoms in total. The molecule has 142 valence electrons. The number of halogens is 1. The highest BCUT2D eigenvalue weighted by Gasteiger charge is 2.20. The number of benzene rings is 1. The molecule has 1 aromatic carbocycles. The van der Waals surface area contributed by atoms with E-state index in [4.69, 9.17) is 4.74 Å². The Labute approximate surface area is 160 Å². The highest BCUT2D eigenvalue weighted by molar-refractivity contribution is 5.85. The summed E-state index contributed by atoms with van der Waals surface area (Å²) in [6.07, 6.45) is 12.3. The van der Waals surface area contributed by atoms with Crippen LogP contribution in [-0.4, -0.2) is 31.1 Å². The standard InChI is InChI=1S/C22H35NO.ClH/c1-2-3-17-24-22(18-23-15-7-4-8-16-23)21-13-11-20(12-14-21)19-9-5-6-10-19;/h11-14,19,22H,2-10,15-18H2,1H3;1H. The summed E-state index contributed by atoms with van der Waals surface area (Å²) in [5.74, 6) is 0.806. The van der Waals surface area contributed by atoms with Gasteiger partial charge in [0.2, 0.25) is 0 Å². The molecule has 1 aliphatic carbocycles. The van der Waals surface area contributed by atoms with Crippen molar-refractivity contribution in [3.63, 3.8) is 0 Å². The third-order valence-electron chi connectivity index (χ3n) is 5.82. The molecule has 1 heterocycles. The lowest BCUT2D eigenvalue weighted by atomic mass is 9.95. The first-order valence-corrected chi connectivity index (χ1v) is 10.3. The van der Waals surface area contributed by atoms with E-state index in [2.05, 4.69) is 36.1 Å². The summed E-state index contributed by atoms with van der Waals surface area (Å²) in [5, 5.41) is 0. The van der Waals surface area contributed by atoms with Gasteiger partial charge in [-0.05, 0) is 62.2 Å². The Bertz CT molecular complexity index is 463. The Hall–Kier alpha value is -0.570. The smallest absolute Gasteiger partial charge is 0.0951 e. The van der Waals surface area contributed by atoms with Gasteiger partial charge in [-0.3, -0.25) is 0 Å². The molecule has 1 aliphatic heterocycles. The lowest BCUT2D eigenvalue weighted by molar-refractivity contribution is 0.0192. The van der Waals surface area contributed by atoms with Gasteiger partial charge in [0.05, 0.1) is 6.10 Å². The molecule has 1 saturated heterocycles. The predicted molar refractivity (Wildman–Crippen MR) is 109 cm³/mol. The molecule has 0 radical (unpaired) electrons. The fourth-order valence-electron chi connectivity index (χ4n) is 4.24. The quantitative estimate of drug-likeness (QED) is 0.515. The van der Waals surface area contributed by atoms with E-state index in [1.54, 1.807) is 5.56 Å². The van der Waals surface area contributed by atoms with Crippen LogP contribution in [0.2, 0.25) is 0 Å². The van der Waals surface area contributed by atoms with Crippen molar-refractivity contribution in [2.75, 3.05) is 26.2 Å². The highest BCUT2D eigenvalue weighted by Crippen LogP contribution is 2.34. The van der Waals surface area contributed by atoms with Gasteiger partial charge in [-0.25, -0.2) is 0 Å². The zero-order valence-corrected chi connectivity index (χ0v) is 16.7. The minimum Gasteiger partial charge on any atom is -0.372 e. The number of hydrogen-bond acceptors (Lipinski definition) is 2. The van der Waals surface area contributed by atoms with Crippen LogP contribution in [0.3, 0.4) is 0 Å². The summed E-state index contributed by atoms with van der Waals surface area (Å²) in [5.41, 5.74) is 2.92. The molecule has 2 fully saturated rings. The monoisotopic (exact) mass is 365 g/mol. The molecule has 0 spiro atoms. The van der Waals surface area contributed by atoms with Gasteiger partial charge in [0.15, 0.2) is 0 Å². The van der Waals surface area contributed by atoms with E-state index in [0.29, 0.717) is 0 Å². The predicted octanol–water partition coefficient (Wildman–Crippen LogP) is 6.11. The average Bonchev–Trinajstić information content (AvgIpc) is 3.17. The number of likely N-dealkylation sites (tertiary alicyclic amines) is 1. The second kappa shape index (κ2) is 11.2. The van der Waals surface area contributed by atoms with Crippen molar-refractivity contribution >= 4 is 12.4 Å². The number of hydrogen-bond donors (Lipinski definition) is 0. The van der Waals surface area contributed by atoms with Crippen molar-refractivity contribution in [1.29, 1.82) is 0 Å². The third-order valence-corrected chi connectivity index (χ3v) is 5.82. The number of rotatable bonds is 8. The van der Waals surface area contributed by atoms with Gasteiger partial charge < -0.3 is 9.64 Å². The van der Waals surface area contributed by atoms with Crippen LogP contribution in [0, 0.1) is 0 Å². The number of unbranched alkanes of at least 4 members (excludes halogenated alkanes) is 1. The number of piperidine rings is 1. The first-order chi connectivity index (χ1) is 11.9. The third kappa shape index (κ3) is 6.27. The molecule has 2 aliphatic rings. The maximum atomic E-state index is 6.30. The molecule has 3 rings (SSSR count). The molecule has 1 atom stereocenters. The lowest BCUT2D eigenvalue weighted by Crippen LogP contribution is -2.34. The maximum Gasteiger partial charge on any atom is 0.0951 e. The van der Waals surface area contributed by atoms with Gasteiger partial charge in [-0.1, -0.05) is 56.9 Å². The van der Waals surface area contributed by atoms with Crippen LogP contribution in [0.15, 0.2) is 24.3 Å². The van der Waals surface area contributed by atoms with Gasteiger partial charge in [0.25, 0.3) is 0 Å². The minimum absolute atomic E-state index is 0. The summed E-state index contributed by atoms with van der Waals surface area (Å²) in [7, 11) is 0. The van der Waals surface area contributed by atoms with Crippen molar-refractivity contribution in [3.05, 3.63) is 35.4 Å². The van der Waals surface area contributed by atoms with Crippen molar-refractivity contribution in [1.82, 2.24) is 4.90 Å². The normalized spacial score (nSPS) is 20.4. The van der Waals surface area contributed by atoms with E-state index in [-0.39, 0.29) is 18.5 Å². The van der Waals surface area contributed by atoms with E-state index < -0.39 is 0 Å². The van der Waals surface area contributed by atoms with Gasteiger partial charge in [0, 0.05) is 13.2 Å². The molecule has 0 N–H and O–H groups in total. The summed E-state index contributed by atoms with van der Waals surface area (Å²) >= 11 is 0. The molecule has 3 heteroatoms. The molecule has 1 unspecified atom stereocenters. The van der Waals surface area contributed by atoms with Crippen LogP contribution in [0.1, 0.15) is 87.9 Å².